The van der Waals surface area contributed by atoms with Crippen LogP contribution in [0.4, 0.5) is 9.59 Å². The molecule has 0 unspecified atom stereocenters. The molecular weight excluding hydrogens is 416 g/mol. The number of ether oxygens (including phenoxy) is 4. The first-order valence-corrected chi connectivity index (χ1v) is 10.9. The van der Waals surface area contributed by atoms with Crippen LogP contribution in [-0.4, -0.2) is 66.7 Å². The van der Waals surface area contributed by atoms with Crippen LogP contribution in [0.2, 0.25) is 0 Å². The van der Waals surface area contributed by atoms with Crippen molar-refractivity contribution in [2.45, 2.75) is 65.7 Å². The Hall–Kier alpha value is -2.97. The van der Waals surface area contributed by atoms with Gasteiger partial charge in [0.2, 0.25) is 0 Å². The van der Waals surface area contributed by atoms with Gasteiger partial charge in [-0.3, -0.25) is 4.79 Å². The Morgan fingerprint density at radius 3 is 2.12 bits per heavy atom. The lowest BCUT2D eigenvalue weighted by Crippen LogP contribution is -2.50. The SMILES string of the molecule is CCOC(=O)C[C@H]1CN(C(=O)OC(C)C)N(C(=O)OC(C)C)[C@@H]1Cc1ccc(OC)cc1. The Morgan fingerprint density at radius 1 is 1.00 bits per heavy atom. The van der Waals surface area contributed by atoms with Crippen molar-refractivity contribution in [1.82, 2.24) is 10.0 Å². The van der Waals surface area contributed by atoms with Crippen molar-refractivity contribution in [3.8, 4) is 5.75 Å². The van der Waals surface area contributed by atoms with Crippen LogP contribution < -0.4 is 4.74 Å². The van der Waals surface area contributed by atoms with E-state index in [1.54, 1.807) is 41.7 Å². The van der Waals surface area contributed by atoms with Crippen LogP contribution in [0.3, 0.4) is 0 Å². The van der Waals surface area contributed by atoms with Gasteiger partial charge in [0, 0.05) is 5.92 Å². The third-order valence-corrected chi connectivity index (χ3v) is 4.93. The van der Waals surface area contributed by atoms with Crippen molar-refractivity contribution in [3.63, 3.8) is 0 Å². The number of esters is 1. The number of hydrogen-bond acceptors (Lipinski definition) is 7. The summed E-state index contributed by atoms with van der Waals surface area (Å²) in [5.74, 6) is -0.0227. The van der Waals surface area contributed by atoms with E-state index in [0.717, 1.165) is 5.56 Å². The van der Waals surface area contributed by atoms with Gasteiger partial charge < -0.3 is 18.9 Å². The van der Waals surface area contributed by atoms with Gasteiger partial charge in [0.1, 0.15) is 5.75 Å². The quantitative estimate of drug-likeness (QED) is 0.439. The van der Waals surface area contributed by atoms with Gasteiger partial charge in [0.15, 0.2) is 0 Å². The van der Waals surface area contributed by atoms with E-state index in [0.29, 0.717) is 12.2 Å². The Balaban J connectivity index is 2.39. The van der Waals surface area contributed by atoms with Crippen LogP contribution in [0.25, 0.3) is 0 Å². The molecule has 1 fully saturated rings. The fourth-order valence-corrected chi connectivity index (χ4v) is 3.62. The zero-order valence-electron chi connectivity index (χ0n) is 19.7. The highest BCUT2D eigenvalue weighted by atomic mass is 16.6. The molecule has 1 heterocycles. The molecule has 0 saturated carbocycles. The molecule has 9 heteroatoms. The Kier molecular flexibility index (Phi) is 9.16. The second-order valence-corrected chi connectivity index (χ2v) is 8.18. The summed E-state index contributed by atoms with van der Waals surface area (Å²) in [5.41, 5.74) is 0.922. The van der Waals surface area contributed by atoms with Crippen molar-refractivity contribution < 1.29 is 33.3 Å². The van der Waals surface area contributed by atoms with Crippen molar-refractivity contribution in [2.24, 2.45) is 5.92 Å². The number of hydrazine groups is 1. The summed E-state index contributed by atoms with van der Waals surface area (Å²) in [4.78, 5) is 38.1. The van der Waals surface area contributed by atoms with E-state index in [1.165, 1.54) is 10.0 Å². The van der Waals surface area contributed by atoms with Crippen LogP contribution in [0.15, 0.2) is 24.3 Å². The summed E-state index contributed by atoms with van der Waals surface area (Å²) < 4.78 is 21.1. The second-order valence-electron chi connectivity index (χ2n) is 8.18. The molecule has 2 atom stereocenters. The smallest absolute Gasteiger partial charge is 0.429 e. The van der Waals surface area contributed by atoms with Gasteiger partial charge in [-0.25, -0.2) is 19.6 Å². The molecule has 0 radical (unpaired) electrons. The molecule has 1 saturated heterocycles. The number of carbonyl (C=O) groups is 3. The van der Waals surface area contributed by atoms with E-state index in [-0.39, 0.29) is 43.7 Å². The summed E-state index contributed by atoms with van der Waals surface area (Å²) in [6, 6.07) is 6.93. The van der Waals surface area contributed by atoms with E-state index in [4.69, 9.17) is 18.9 Å². The van der Waals surface area contributed by atoms with Crippen LogP contribution in [0, 0.1) is 5.92 Å². The maximum atomic E-state index is 13.0. The fraction of sp³-hybridized carbons (Fsp3) is 0.609. The van der Waals surface area contributed by atoms with Crippen LogP contribution >= 0.6 is 0 Å². The minimum absolute atomic E-state index is 0.0611. The maximum absolute atomic E-state index is 13.0. The topological polar surface area (TPSA) is 94.6 Å². The van der Waals surface area contributed by atoms with Gasteiger partial charge in [-0.15, -0.1) is 0 Å². The summed E-state index contributed by atoms with van der Waals surface area (Å²) in [5, 5.41) is 2.53. The average molecular weight is 451 g/mol. The van der Waals surface area contributed by atoms with E-state index in [1.807, 2.05) is 24.3 Å². The number of amides is 2. The number of carbonyl (C=O) groups excluding carboxylic acids is 3. The van der Waals surface area contributed by atoms with Crippen molar-refractivity contribution in [1.29, 1.82) is 0 Å². The molecule has 9 nitrogen and oxygen atoms in total. The van der Waals surface area contributed by atoms with Crippen LogP contribution in [0.1, 0.15) is 46.6 Å². The van der Waals surface area contributed by atoms with Gasteiger partial charge in [-0.05, 0) is 58.7 Å². The highest BCUT2D eigenvalue weighted by Gasteiger charge is 2.47. The van der Waals surface area contributed by atoms with Gasteiger partial charge in [0.05, 0.1) is 44.9 Å². The number of methoxy groups -OCH3 is 1. The first kappa shape index (κ1) is 25.3. The lowest BCUT2D eigenvalue weighted by atomic mass is 9.92. The Labute approximate surface area is 189 Å². The molecule has 0 aliphatic carbocycles. The highest BCUT2D eigenvalue weighted by molar-refractivity contribution is 5.76. The predicted octanol–water partition coefficient (Wildman–Crippen LogP) is 3.80. The third kappa shape index (κ3) is 6.77. The summed E-state index contributed by atoms with van der Waals surface area (Å²) in [6.45, 7) is 9.06. The molecule has 1 aromatic rings. The van der Waals surface area contributed by atoms with E-state index < -0.39 is 18.2 Å². The zero-order chi connectivity index (χ0) is 23.8. The molecule has 2 amide bonds. The Bertz CT molecular complexity index is 779. The average Bonchev–Trinajstić information content (AvgIpc) is 3.06. The van der Waals surface area contributed by atoms with Gasteiger partial charge in [-0.2, -0.15) is 0 Å². The van der Waals surface area contributed by atoms with Gasteiger partial charge in [0.25, 0.3) is 0 Å². The normalized spacial score (nSPS) is 18.1. The van der Waals surface area contributed by atoms with Crippen LogP contribution in [0.5, 0.6) is 5.75 Å². The molecule has 32 heavy (non-hydrogen) atoms. The van der Waals surface area contributed by atoms with Crippen molar-refractivity contribution in [2.75, 3.05) is 20.3 Å². The lowest BCUT2D eigenvalue weighted by molar-refractivity contribution is -0.144. The molecule has 0 spiro atoms. The molecule has 178 valence electrons. The van der Waals surface area contributed by atoms with E-state index >= 15 is 0 Å². The molecule has 0 aromatic heterocycles. The largest absolute Gasteiger partial charge is 0.497 e. The minimum atomic E-state index is -0.662. The van der Waals surface area contributed by atoms with E-state index in [2.05, 4.69) is 0 Å². The summed E-state index contributed by atoms with van der Waals surface area (Å²) in [7, 11) is 1.59. The second kappa shape index (κ2) is 11.6. The van der Waals surface area contributed by atoms with Gasteiger partial charge in [-0.1, -0.05) is 12.1 Å². The molecule has 0 N–H and O–H groups in total. The molecular formula is C23H34N2O7. The van der Waals surface area contributed by atoms with Gasteiger partial charge >= 0.3 is 18.2 Å². The number of benzene rings is 1. The van der Waals surface area contributed by atoms with Crippen molar-refractivity contribution >= 4 is 18.2 Å². The molecule has 2 rings (SSSR count). The summed E-state index contributed by atoms with van der Waals surface area (Å²) in [6.07, 6.45) is -1.60. The zero-order valence-corrected chi connectivity index (χ0v) is 19.7. The lowest BCUT2D eigenvalue weighted by Gasteiger charge is -2.32. The molecule has 0 bridgehead atoms. The standard InChI is InChI=1S/C23H34N2O7/c1-7-30-21(26)13-18-14-24(22(27)31-15(2)3)25(23(28)32-16(4)5)20(18)12-17-8-10-19(29-6)11-9-17/h8-11,15-16,18,20H,7,12-14H2,1-6H3/t18-,20+/m0/s1. The third-order valence-electron chi connectivity index (χ3n) is 4.93. The molecule has 1 aliphatic heterocycles. The highest BCUT2D eigenvalue weighted by Crippen LogP contribution is 2.32. The first-order chi connectivity index (χ1) is 15.2. The maximum Gasteiger partial charge on any atom is 0.429 e. The van der Waals surface area contributed by atoms with E-state index in [9.17, 15) is 14.4 Å². The van der Waals surface area contributed by atoms with Crippen molar-refractivity contribution in [3.05, 3.63) is 29.8 Å². The monoisotopic (exact) mass is 450 g/mol. The summed E-state index contributed by atoms with van der Waals surface area (Å²) >= 11 is 0. The molecule has 1 aromatic carbocycles. The Morgan fingerprint density at radius 2 is 1.59 bits per heavy atom. The predicted molar refractivity (Wildman–Crippen MR) is 117 cm³/mol. The fourth-order valence-electron chi connectivity index (χ4n) is 3.62. The first-order valence-electron chi connectivity index (χ1n) is 10.9. The minimum Gasteiger partial charge on any atom is -0.497 e. The number of rotatable bonds is 8. The number of hydrogen-bond donors (Lipinski definition) is 0. The molecule has 1 aliphatic rings. The number of nitrogens with zero attached hydrogens (tertiary/aromatic N) is 2. The van der Waals surface area contributed by atoms with Crippen LogP contribution in [-0.2, 0) is 25.4 Å².